The Bertz CT molecular complexity index is 1230. The summed E-state index contributed by atoms with van der Waals surface area (Å²) in [5.41, 5.74) is -1.55. The zero-order valence-corrected chi connectivity index (χ0v) is 15.8. The minimum Gasteiger partial charge on any atom is -0.423 e. The molecule has 4 rings (SSSR count). The van der Waals surface area contributed by atoms with Crippen molar-refractivity contribution in [3.63, 3.8) is 0 Å². The normalized spacial score (nSPS) is 14.2. The molecule has 1 aromatic carbocycles. The molecule has 0 saturated heterocycles. The van der Waals surface area contributed by atoms with Crippen molar-refractivity contribution in [2.24, 2.45) is 0 Å². The number of halogens is 3. The summed E-state index contributed by atoms with van der Waals surface area (Å²) in [6.07, 6.45) is -3.84. The number of aromatic nitrogens is 3. The van der Waals surface area contributed by atoms with Gasteiger partial charge >= 0.3 is 11.8 Å². The summed E-state index contributed by atoms with van der Waals surface area (Å²) in [4.78, 5) is 12.0. The Hall–Kier alpha value is -2.98. The lowest BCUT2D eigenvalue weighted by Crippen LogP contribution is -2.39. The quantitative estimate of drug-likeness (QED) is 0.505. The molecule has 0 aliphatic carbocycles. The molecule has 1 unspecified atom stereocenters. The van der Waals surface area contributed by atoms with Gasteiger partial charge in [-0.15, -0.1) is 5.10 Å². The Balaban J connectivity index is 1.68. The maximum Gasteiger partial charge on any atom is 0.422 e. The highest BCUT2D eigenvalue weighted by Gasteiger charge is 2.53. The lowest BCUT2D eigenvalue weighted by molar-refractivity contribution is -0.260. The molecule has 10 heteroatoms. The van der Waals surface area contributed by atoms with Crippen molar-refractivity contribution in [2.75, 3.05) is 0 Å². The van der Waals surface area contributed by atoms with Gasteiger partial charge in [-0.1, -0.05) is 17.3 Å². The average molecular weight is 421 g/mol. The van der Waals surface area contributed by atoms with Crippen molar-refractivity contribution in [1.29, 1.82) is 0 Å². The van der Waals surface area contributed by atoms with Gasteiger partial charge in [-0.25, -0.2) is 9.48 Å². The molecule has 150 valence electrons. The highest BCUT2D eigenvalue weighted by atomic mass is 32.1. The Morgan fingerprint density at radius 3 is 2.72 bits per heavy atom. The van der Waals surface area contributed by atoms with Gasteiger partial charge in [0.15, 0.2) is 0 Å². The standard InChI is InChI=1S/C19H14F3N3O3S/c1-18(27,19(20,21)22)16-9-25(24-23-16)8-11-2-3-13-14(12-4-5-29-10-12)7-17(26)28-15(13)6-11/h2-7,9-10,27H,8H2,1H3. The Morgan fingerprint density at radius 2 is 2.03 bits per heavy atom. The number of thiophene rings is 1. The zero-order valence-electron chi connectivity index (χ0n) is 15.0. The van der Waals surface area contributed by atoms with Crippen LogP contribution in [0.5, 0.6) is 0 Å². The van der Waals surface area contributed by atoms with Crippen LogP contribution in [0.2, 0.25) is 0 Å². The van der Waals surface area contributed by atoms with Gasteiger partial charge in [0.2, 0.25) is 5.60 Å². The molecule has 29 heavy (non-hydrogen) atoms. The first kappa shape index (κ1) is 19.3. The van der Waals surface area contributed by atoms with E-state index in [1.165, 1.54) is 22.1 Å². The molecule has 0 radical (unpaired) electrons. The fourth-order valence-electron chi connectivity index (χ4n) is 2.89. The number of aliphatic hydroxyl groups is 1. The first-order valence-electron chi connectivity index (χ1n) is 8.44. The summed E-state index contributed by atoms with van der Waals surface area (Å²) in [6.45, 7) is 0.710. The molecule has 4 aromatic rings. The number of hydrogen-bond donors (Lipinski definition) is 1. The Kier molecular flexibility index (Phi) is 4.55. The molecular formula is C19H14F3N3O3S. The predicted molar refractivity (Wildman–Crippen MR) is 101 cm³/mol. The summed E-state index contributed by atoms with van der Waals surface area (Å²) in [7, 11) is 0. The third-order valence-corrected chi connectivity index (χ3v) is 5.26. The smallest absolute Gasteiger partial charge is 0.422 e. The lowest BCUT2D eigenvalue weighted by Gasteiger charge is -2.23. The number of alkyl halides is 3. The SMILES string of the molecule is CC(O)(c1cn(Cc2ccc3c(-c4ccsc4)cc(=O)oc3c2)nn1)C(F)(F)F. The molecular weight excluding hydrogens is 407 g/mol. The maximum absolute atomic E-state index is 13.0. The van der Waals surface area contributed by atoms with Crippen LogP contribution in [0.1, 0.15) is 18.2 Å². The molecule has 0 spiro atoms. The van der Waals surface area contributed by atoms with Crippen LogP contribution in [-0.4, -0.2) is 26.3 Å². The van der Waals surface area contributed by atoms with Crippen LogP contribution in [0.25, 0.3) is 22.1 Å². The number of rotatable bonds is 4. The van der Waals surface area contributed by atoms with Crippen LogP contribution in [0, 0.1) is 0 Å². The summed E-state index contributed by atoms with van der Waals surface area (Å²) in [6, 6.07) is 8.50. The van der Waals surface area contributed by atoms with Gasteiger partial charge in [0.25, 0.3) is 0 Å². The molecule has 0 saturated carbocycles. The third-order valence-electron chi connectivity index (χ3n) is 4.58. The summed E-state index contributed by atoms with van der Waals surface area (Å²) in [5.74, 6) is 0. The van der Waals surface area contributed by atoms with Gasteiger partial charge < -0.3 is 9.52 Å². The van der Waals surface area contributed by atoms with Crippen LogP contribution in [0.3, 0.4) is 0 Å². The zero-order chi connectivity index (χ0) is 20.8. The monoisotopic (exact) mass is 421 g/mol. The van der Waals surface area contributed by atoms with E-state index in [2.05, 4.69) is 10.3 Å². The fourth-order valence-corrected chi connectivity index (χ4v) is 3.55. The third kappa shape index (κ3) is 3.56. The van der Waals surface area contributed by atoms with Gasteiger partial charge in [-0.3, -0.25) is 0 Å². The van der Waals surface area contributed by atoms with E-state index in [9.17, 15) is 23.1 Å². The number of nitrogens with zero attached hydrogens (tertiary/aromatic N) is 3. The Morgan fingerprint density at radius 1 is 1.24 bits per heavy atom. The van der Waals surface area contributed by atoms with Gasteiger partial charge in [0.1, 0.15) is 11.3 Å². The highest BCUT2D eigenvalue weighted by Crippen LogP contribution is 2.37. The molecule has 0 aliphatic heterocycles. The van der Waals surface area contributed by atoms with E-state index in [1.807, 2.05) is 16.8 Å². The van der Waals surface area contributed by atoms with E-state index < -0.39 is 23.1 Å². The van der Waals surface area contributed by atoms with E-state index >= 15 is 0 Å². The van der Waals surface area contributed by atoms with Crippen LogP contribution in [-0.2, 0) is 12.1 Å². The summed E-state index contributed by atoms with van der Waals surface area (Å²) in [5, 5.41) is 21.4. The van der Waals surface area contributed by atoms with E-state index in [4.69, 9.17) is 4.42 Å². The van der Waals surface area contributed by atoms with E-state index in [0.717, 1.165) is 22.7 Å². The first-order valence-corrected chi connectivity index (χ1v) is 9.38. The van der Waals surface area contributed by atoms with Crippen molar-refractivity contribution in [2.45, 2.75) is 25.2 Å². The summed E-state index contributed by atoms with van der Waals surface area (Å²) >= 11 is 1.51. The topological polar surface area (TPSA) is 81.2 Å². The van der Waals surface area contributed by atoms with Crippen LogP contribution < -0.4 is 5.63 Å². The minimum absolute atomic E-state index is 0.0866. The van der Waals surface area contributed by atoms with Gasteiger partial charge in [0.05, 0.1) is 12.7 Å². The van der Waals surface area contributed by atoms with Crippen LogP contribution >= 0.6 is 11.3 Å². The van der Waals surface area contributed by atoms with Gasteiger partial charge in [0, 0.05) is 17.0 Å². The van der Waals surface area contributed by atoms with Crippen LogP contribution in [0.15, 0.2) is 56.5 Å². The van der Waals surface area contributed by atoms with Crippen LogP contribution in [0.4, 0.5) is 13.2 Å². The highest BCUT2D eigenvalue weighted by molar-refractivity contribution is 7.08. The molecule has 0 amide bonds. The molecule has 0 aliphatic rings. The number of hydrogen-bond acceptors (Lipinski definition) is 6. The van der Waals surface area contributed by atoms with E-state index in [0.29, 0.717) is 18.1 Å². The van der Waals surface area contributed by atoms with Gasteiger partial charge in [-0.05, 0) is 40.9 Å². The summed E-state index contributed by atoms with van der Waals surface area (Å²) < 4.78 is 45.3. The molecule has 0 fully saturated rings. The minimum atomic E-state index is -4.88. The second kappa shape index (κ2) is 6.82. The average Bonchev–Trinajstić information content (AvgIpc) is 3.32. The van der Waals surface area contributed by atoms with Crippen molar-refractivity contribution in [3.8, 4) is 11.1 Å². The van der Waals surface area contributed by atoms with Crippen molar-refractivity contribution >= 4 is 22.3 Å². The molecule has 6 nitrogen and oxygen atoms in total. The molecule has 3 heterocycles. The second-order valence-electron chi connectivity index (χ2n) is 6.69. The maximum atomic E-state index is 13.0. The Labute approximate surface area is 165 Å². The molecule has 1 atom stereocenters. The van der Waals surface area contributed by atoms with E-state index in [1.54, 1.807) is 18.2 Å². The number of benzene rings is 1. The predicted octanol–water partition coefficient (Wildman–Crippen LogP) is 3.93. The van der Waals surface area contributed by atoms with E-state index in [-0.39, 0.29) is 6.54 Å². The van der Waals surface area contributed by atoms with Crippen molar-refractivity contribution in [1.82, 2.24) is 15.0 Å². The number of fused-ring (bicyclic) bond motifs is 1. The van der Waals surface area contributed by atoms with Crippen molar-refractivity contribution < 1.29 is 22.7 Å². The largest absolute Gasteiger partial charge is 0.423 e. The van der Waals surface area contributed by atoms with Gasteiger partial charge in [-0.2, -0.15) is 24.5 Å². The molecule has 3 aromatic heterocycles. The lowest BCUT2D eigenvalue weighted by atomic mass is 10.0. The molecule has 1 N–H and O–H groups in total. The first-order chi connectivity index (χ1) is 13.6. The van der Waals surface area contributed by atoms with Crippen molar-refractivity contribution in [3.05, 3.63) is 69.0 Å². The molecule has 0 bridgehead atoms. The second-order valence-corrected chi connectivity index (χ2v) is 7.47. The fraction of sp³-hybridized carbons (Fsp3) is 0.211.